The van der Waals surface area contributed by atoms with Crippen LogP contribution in [0.15, 0.2) is 41.8 Å². The zero-order valence-corrected chi connectivity index (χ0v) is 15.8. The molecule has 0 spiro atoms. The van der Waals surface area contributed by atoms with Crippen LogP contribution in [-0.2, 0) is 17.8 Å². The Balaban J connectivity index is 1.49. The summed E-state index contributed by atoms with van der Waals surface area (Å²) >= 11 is 1.72. The SMILES string of the molecule is CNC(=O)c1ccc(CN(CC(=O)NCCc2cccs2)C2CC2)cc1. The Hall–Kier alpha value is -2.18. The largest absolute Gasteiger partial charge is 0.355 e. The van der Waals surface area contributed by atoms with Crippen molar-refractivity contribution < 1.29 is 9.59 Å². The quantitative estimate of drug-likeness (QED) is 0.712. The van der Waals surface area contributed by atoms with Crippen LogP contribution in [0.4, 0.5) is 0 Å². The number of carbonyl (C=O) groups excluding carboxylic acids is 2. The van der Waals surface area contributed by atoms with E-state index >= 15 is 0 Å². The molecule has 0 atom stereocenters. The van der Waals surface area contributed by atoms with E-state index in [0.717, 1.165) is 31.4 Å². The van der Waals surface area contributed by atoms with Crippen molar-refractivity contribution in [3.05, 3.63) is 57.8 Å². The number of amides is 2. The van der Waals surface area contributed by atoms with Crippen LogP contribution in [0.2, 0.25) is 0 Å². The van der Waals surface area contributed by atoms with Crippen molar-refractivity contribution >= 4 is 23.2 Å². The Morgan fingerprint density at radius 3 is 2.58 bits per heavy atom. The van der Waals surface area contributed by atoms with Gasteiger partial charge < -0.3 is 10.6 Å². The van der Waals surface area contributed by atoms with Crippen molar-refractivity contribution in [1.82, 2.24) is 15.5 Å². The van der Waals surface area contributed by atoms with Crippen LogP contribution >= 0.6 is 11.3 Å². The fourth-order valence-corrected chi connectivity index (χ4v) is 3.62. The molecule has 2 aromatic rings. The molecule has 1 saturated carbocycles. The second kappa shape index (κ2) is 8.96. The summed E-state index contributed by atoms with van der Waals surface area (Å²) in [7, 11) is 1.63. The van der Waals surface area contributed by atoms with E-state index in [1.54, 1.807) is 18.4 Å². The highest BCUT2D eigenvalue weighted by Gasteiger charge is 2.30. The molecule has 0 aliphatic heterocycles. The Kier molecular flexibility index (Phi) is 6.41. The van der Waals surface area contributed by atoms with Gasteiger partial charge in [-0.1, -0.05) is 18.2 Å². The number of thiophene rings is 1. The average molecular weight is 372 g/mol. The van der Waals surface area contributed by atoms with Gasteiger partial charge in [-0.25, -0.2) is 0 Å². The van der Waals surface area contributed by atoms with E-state index in [9.17, 15) is 9.59 Å². The van der Waals surface area contributed by atoms with Gasteiger partial charge in [0.05, 0.1) is 6.54 Å². The number of rotatable bonds is 9. The Morgan fingerprint density at radius 1 is 1.19 bits per heavy atom. The molecule has 1 fully saturated rings. The van der Waals surface area contributed by atoms with Gasteiger partial charge in [0.15, 0.2) is 0 Å². The van der Waals surface area contributed by atoms with Gasteiger partial charge in [0.25, 0.3) is 5.91 Å². The summed E-state index contributed by atoms with van der Waals surface area (Å²) in [5.41, 5.74) is 1.77. The highest BCUT2D eigenvalue weighted by atomic mass is 32.1. The molecular formula is C20H25N3O2S. The molecular weight excluding hydrogens is 346 g/mol. The molecule has 0 unspecified atom stereocenters. The van der Waals surface area contributed by atoms with Gasteiger partial charge in [0.2, 0.25) is 5.91 Å². The van der Waals surface area contributed by atoms with E-state index in [-0.39, 0.29) is 11.8 Å². The fraction of sp³-hybridized carbons (Fsp3) is 0.400. The number of carbonyl (C=O) groups is 2. The highest BCUT2D eigenvalue weighted by Crippen LogP contribution is 2.28. The molecule has 2 N–H and O–H groups in total. The number of hydrogen-bond acceptors (Lipinski definition) is 4. The van der Waals surface area contributed by atoms with E-state index in [1.807, 2.05) is 30.3 Å². The highest BCUT2D eigenvalue weighted by molar-refractivity contribution is 7.09. The summed E-state index contributed by atoms with van der Waals surface area (Å²) in [5, 5.41) is 7.71. The molecule has 2 amide bonds. The smallest absolute Gasteiger partial charge is 0.251 e. The summed E-state index contributed by atoms with van der Waals surface area (Å²) in [6.07, 6.45) is 3.19. The number of nitrogens with zero attached hydrogens (tertiary/aromatic N) is 1. The lowest BCUT2D eigenvalue weighted by Gasteiger charge is -2.21. The molecule has 26 heavy (non-hydrogen) atoms. The topological polar surface area (TPSA) is 61.4 Å². The predicted molar refractivity (Wildman–Crippen MR) is 104 cm³/mol. The normalized spacial score (nSPS) is 13.6. The maximum atomic E-state index is 12.3. The molecule has 0 bridgehead atoms. The maximum Gasteiger partial charge on any atom is 0.251 e. The third-order valence-electron chi connectivity index (χ3n) is 4.51. The van der Waals surface area contributed by atoms with Crippen LogP contribution in [0, 0.1) is 0 Å². The zero-order valence-electron chi connectivity index (χ0n) is 15.0. The number of nitrogens with one attached hydrogen (secondary N) is 2. The molecule has 1 aromatic heterocycles. The minimum absolute atomic E-state index is 0.0791. The van der Waals surface area contributed by atoms with E-state index in [2.05, 4.69) is 27.0 Å². The predicted octanol–water partition coefficient (Wildman–Crippen LogP) is 2.43. The minimum Gasteiger partial charge on any atom is -0.355 e. The van der Waals surface area contributed by atoms with E-state index in [1.165, 1.54) is 4.88 Å². The first kappa shape index (κ1) is 18.6. The molecule has 138 valence electrons. The monoisotopic (exact) mass is 371 g/mol. The maximum absolute atomic E-state index is 12.3. The van der Waals surface area contributed by atoms with Crippen molar-refractivity contribution in [3.63, 3.8) is 0 Å². The van der Waals surface area contributed by atoms with Gasteiger partial charge in [-0.05, 0) is 48.4 Å². The van der Waals surface area contributed by atoms with Crippen LogP contribution in [0.1, 0.15) is 33.6 Å². The fourth-order valence-electron chi connectivity index (χ4n) is 2.91. The number of benzene rings is 1. The molecule has 6 heteroatoms. The Labute approximate surface area is 158 Å². The lowest BCUT2D eigenvalue weighted by Crippen LogP contribution is -2.38. The second-order valence-corrected chi connectivity index (χ2v) is 7.62. The van der Waals surface area contributed by atoms with Gasteiger partial charge in [0, 0.05) is 36.6 Å². The van der Waals surface area contributed by atoms with E-state index in [0.29, 0.717) is 24.7 Å². The molecule has 1 aliphatic carbocycles. The first-order chi connectivity index (χ1) is 12.7. The zero-order chi connectivity index (χ0) is 18.4. The summed E-state index contributed by atoms with van der Waals surface area (Å²) in [5.74, 6) is -0.00356. The molecule has 3 rings (SSSR count). The summed E-state index contributed by atoms with van der Waals surface area (Å²) in [6, 6.07) is 12.2. The Morgan fingerprint density at radius 2 is 1.96 bits per heavy atom. The van der Waals surface area contributed by atoms with Gasteiger partial charge in [-0.2, -0.15) is 0 Å². The van der Waals surface area contributed by atoms with Gasteiger partial charge in [-0.15, -0.1) is 11.3 Å². The molecule has 1 aromatic carbocycles. The molecule has 0 radical (unpaired) electrons. The first-order valence-electron chi connectivity index (χ1n) is 9.00. The average Bonchev–Trinajstić information content (AvgIpc) is 3.38. The van der Waals surface area contributed by atoms with Gasteiger partial charge >= 0.3 is 0 Å². The third-order valence-corrected chi connectivity index (χ3v) is 5.45. The van der Waals surface area contributed by atoms with Gasteiger partial charge in [0.1, 0.15) is 0 Å². The molecule has 1 heterocycles. The minimum atomic E-state index is -0.0827. The lowest BCUT2D eigenvalue weighted by molar-refractivity contribution is -0.122. The van der Waals surface area contributed by atoms with Crippen LogP contribution in [-0.4, -0.2) is 42.9 Å². The number of hydrogen-bond donors (Lipinski definition) is 2. The van der Waals surface area contributed by atoms with Gasteiger partial charge in [-0.3, -0.25) is 14.5 Å². The second-order valence-electron chi connectivity index (χ2n) is 6.59. The third kappa shape index (κ3) is 5.41. The molecule has 1 aliphatic rings. The lowest BCUT2D eigenvalue weighted by atomic mass is 10.1. The van der Waals surface area contributed by atoms with E-state index < -0.39 is 0 Å². The van der Waals surface area contributed by atoms with Crippen molar-refractivity contribution in [2.24, 2.45) is 0 Å². The van der Waals surface area contributed by atoms with Crippen LogP contribution in [0.5, 0.6) is 0 Å². The van der Waals surface area contributed by atoms with Crippen LogP contribution < -0.4 is 10.6 Å². The molecule has 0 saturated heterocycles. The summed E-state index contributed by atoms with van der Waals surface area (Å²) < 4.78 is 0. The van der Waals surface area contributed by atoms with Crippen LogP contribution in [0.25, 0.3) is 0 Å². The van der Waals surface area contributed by atoms with Crippen molar-refractivity contribution in [3.8, 4) is 0 Å². The molecule has 5 nitrogen and oxygen atoms in total. The Bertz CT molecular complexity index is 724. The van der Waals surface area contributed by atoms with Crippen molar-refractivity contribution in [2.75, 3.05) is 20.1 Å². The summed E-state index contributed by atoms with van der Waals surface area (Å²) in [6.45, 7) is 1.84. The van der Waals surface area contributed by atoms with Crippen molar-refractivity contribution in [2.45, 2.75) is 31.8 Å². The van der Waals surface area contributed by atoms with Crippen LogP contribution in [0.3, 0.4) is 0 Å². The first-order valence-corrected chi connectivity index (χ1v) is 9.88. The van der Waals surface area contributed by atoms with Crippen molar-refractivity contribution in [1.29, 1.82) is 0 Å². The summed E-state index contributed by atoms with van der Waals surface area (Å²) in [4.78, 5) is 27.4. The van der Waals surface area contributed by atoms with E-state index in [4.69, 9.17) is 0 Å². The standard InChI is InChI=1S/C20H25N3O2S/c1-21-20(25)16-6-4-15(5-7-16)13-23(17-8-9-17)14-19(24)22-11-10-18-3-2-12-26-18/h2-7,12,17H,8-11,13-14H2,1H3,(H,21,25)(H,22,24).